The fourth-order valence-electron chi connectivity index (χ4n) is 3.35. The minimum absolute atomic E-state index is 0.0237. The van der Waals surface area contributed by atoms with Crippen molar-refractivity contribution in [2.45, 2.75) is 6.42 Å². The molecule has 0 bridgehead atoms. The summed E-state index contributed by atoms with van der Waals surface area (Å²) in [7, 11) is 3.80. The van der Waals surface area contributed by atoms with Crippen molar-refractivity contribution in [2.24, 2.45) is 0 Å². The van der Waals surface area contributed by atoms with Crippen molar-refractivity contribution in [3.63, 3.8) is 0 Å². The lowest BCUT2D eigenvalue weighted by molar-refractivity contribution is 0.105. The molecule has 3 nitrogen and oxygen atoms in total. The summed E-state index contributed by atoms with van der Waals surface area (Å²) in [5.41, 5.74) is 3.50. The Bertz CT molecular complexity index is 1120. The molecule has 2 heterocycles. The number of thiophene rings is 1. The van der Waals surface area contributed by atoms with Crippen LogP contribution >= 0.6 is 38.9 Å². The summed E-state index contributed by atoms with van der Waals surface area (Å²) in [6.07, 6.45) is 2.60. The smallest absolute Gasteiger partial charge is 0.205 e. The van der Waals surface area contributed by atoms with Crippen LogP contribution in [0, 0.1) is 0 Å². The molecule has 6 heteroatoms. The van der Waals surface area contributed by atoms with Crippen LogP contribution in [0.5, 0.6) is 5.75 Å². The number of fused-ring (bicyclic) bond motifs is 3. The van der Waals surface area contributed by atoms with E-state index in [1.54, 1.807) is 0 Å². The van der Waals surface area contributed by atoms with Gasteiger partial charge in [0.15, 0.2) is 0 Å². The lowest BCUT2D eigenvalue weighted by Crippen LogP contribution is -2.09. The van der Waals surface area contributed by atoms with Crippen LogP contribution in [-0.4, -0.2) is 31.4 Å². The van der Waals surface area contributed by atoms with Gasteiger partial charge < -0.3 is 9.64 Å². The van der Waals surface area contributed by atoms with Gasteiger partial charge in [0, 0.05) is 57.8 Å². The first-order chi connectivity index (χ1) is 13.9. The van der Waals surface area contributed by atoms with E-state index >= 15 is 0 Å². The van der Waals surface area contributed by atoms with Crippen molar-refractivity contribution in [1.29, 1.82) is 0 Å². The number of ketones is 1. The summed E-state index contributed by atoms with van der Waals surface area (Å²) in [5, 5.41) is 0.565. The van der Waals surface area contributed by atoms with E-state index in [9.17, 15) is 4.79 Å². The Hall–Kier alpha value is -2.08. The van der Waals surface area contributed by atoms with E-state index in [1.807, 2.05) is 73.7 Å². The molecule has 0 saturated carbocycles. The molecule has 1 aliphatic heterocycles. The summed E-state index contributed by atoms with van der Waals surface area (Å²) >= 11 is 11.4. The number of carbonyl (C=O) groups excluding carboxylic acids is 1. The molecule has 0 N–H and O–H groups in total. The lowest BCUT2D eigenvalue weighted by atomic mass is 10.0. The van der Waals surface area contributed by atoms with E-state index in [0.29, 0.717) is 22.1 Å². The molecule has 0 amide bonds. The molecule has 0 fully saturated rings. The second-order valence-electron chi connectivity index (χ2n) is 7.02. The first kappa shape index (κ1) is 20.2. The molecule has 1 aliphatic rings. The van der Waals surface area contributed by atoms with Crippen molar-refractivity contribution < 1.29 is 9.53 Å². The van der Waals surface area contributed by atoms with Crippen molar-refractivity contribution >= 4 is 50.2 Å². The number of allylic oxidation sites excluding steroid dienone is 1. The van der Waals surface area contributed by atoms with E-state index in [1.165, 1.54) is 11.3 Å². The number of hydrogen-bond donors (Lipinski definition) is 0. The maximum atomic E-state index is 13.5. The van der Waals surface area contributed by atoms with Crippen LogP contribution in [0.1, 0.15) is 20.8 Å². The zero-order chi connectivity index (χ0) is 20.5. The van der Waals surface area contributed by atoms with Gasteiger partial charge in [0.2, 0.25) is 5.78 Å². The fourth-order valence-corrected chi connectivity index (χ4v) is 5.12. The SMILES string of the molecule is CN(C)/C=C(/C(=O)c1cc2c(s1)-c1ccc(Br)cc1OCC2)c1ccccc1Cl. The predicted octanol–water partition coefficient (Wildman–Crippen LogP) is 6.55. The van der Waals surface area contributed by atoms with Gasteiger partial charge in [-0.2, -0.15) is 0 Å². The normalized spacial score (nSPS) is 13.2. The van der Waals surface area contributed by atoms with Crippen LogP contribution < -0.4 is 4.74 Å². The first-order valence-corrected chi connectivity index (χ1v) is 11.2. The summed E-state index contributed by atoms with van der Waals surface area (Å²) in [5.74, 6) is 0.818. The molecule has 1 aromatic heterocycles. The number of benzene rings is 2. The summed E-state index contributed by atoms with van der Waals surface area (Å²) < 4.78 is 6.89. The van der Waals surface area contributed by atoms with Gasteiger partial charge in [-0.05, 0) is 35.9 Å². The molecular formula is C23H19BrClNO2S. The van der Waals surface area contributed by atoms with Gasteiger partial charge in [-0.15, -0.1) is 11.3 Å². The number of hydrogen-bond acceptors (Lipinski definition) is 4. The molecule has 4 rings (SSSR count). The molecule has 0 atom stereocenters. The molecule has 0 aliphatic carbocycles. The highest BCUT2D eigenvalue weighted by molar-refractivity contribution is 9.10. The van der Waals surface area contributed by atoms with Crippen LogP contribution in [0.2, 0.25) is 5.02 Å². The molecule has 0 unspecified atom stereocenters. The molecule has 148 valence electrons. The number of ether oxygens (including phenoxy) is 1. The van der Waals surface area contributed by atoms with Gasteiger partial charge in [-0.3, -0.25) is 4.79 Å². The van der Waals surface area contributed by atoms with E-state index in [4.69, 9.17) is 16.3 Å². The standard InChI is InChI=1S/C23H19BrClNO2S/c1-26(2)13-18(16-5-3-4-6-19(16)25)22(27)21-11-14-9-10-28-20-12-15(24)7-8-17(20)23(14)29-21/h3-8,11-13H,9-10H2,1-2H3/b18-13+. The first-order valence-electron chi connectivity index (χ1n) is 9.17. The third-order valence-electron chi connectivity index (χ3n) is 4.65. The van der Waals surface area contributed by atoms with Gasteiger partial charge in [-0.25, -0.2) is 0 Å². The maximum absolute atomic E-state index is 13.5. The summed E-state index contributed by atoms with van der Waals surface area (Å²) in [6.45, 7) is 0.589. The minimum atomic E-state index is -0.0237. The Morgan fingerprint density at radius 3 is 2.76 bits per heavy atom. The topological polar surface area (TPSA) is 29.5 Å². The van der Waals surface area contributed by atoms with Gasteiger partial charge in [0.25, 0.3) is 0 Å². The average Bonchev–Trinajstić information content (AvgIpc) is 3.03. The molecule has 0 saturated heterocycles. The zero-order valence-corrected chi connectivity index (χ0v) is 19.2. The summed E-state index contributed by atoms with van der Waals surface area (Å²) in [6, 6.07) is 15.5. The third kappa shape index (κ3) is 4.13. The Balaban J connectivity index is 1.80. The van der Waals surface area contributed by atoms with Crippen molar-refractivity contribution in [1.82, 2.24) is 4.90 Å². The highest BCUT2D eigenvalue weighted by Gasteiger charge is 2.24. The van der Waals surface area contributed by atoms with E-state index in [-0.39, 0.29) is 5.78 Å². The molecule has 3 aromatic rings. The second-order valence-corrected chi connectivity index (χ2v) is 9.39. The van der Waals surface area contributed by atoms with Gasteiger partial charge in [0.05, 0.1) is 11.5 Å². The van der Waals surface area contributed by atoms with E-state index < -0.39 is 0 Å². The van der Waals surface area contributed by atoms with Gasteiger partial charge in [-0.1, -0.05) is 45.7 Å². The van der Waals surface area contributed by atoms with Crippen molar-refractivity contribution in [3.8, 4) is 16.2 Å². The second kappa shape index (κ2) is 8.34. The largest absolute Gasteiger partial charge is 0.493 e. The quantitative estimate of drug-likeness (QED) is 0.308. The van der Waals surface area contributed by atoms with Crippen molar-refractivity contribution in [3.05, 3.63) is 80.2 Å². The van der Waals surface area contributed by atoms with Crippen LogP contribution in [0.25, 0.3) is 16.0 Å². The Kier molecular flexibility index (Phi) is 5.81. The summed E-state index contributed by atoms with van der Waals surface area (Å²) in [4.78, 5) is 17.2. The number of Topliss-reactive ketones (excluding diaryl/α,β-unsaturated/α-hetero) is 1. The highest BCUT2D eigenvalue weighted by atomic mass is 79.9. The molecular weight excluding hydrogens is 470 g/mol. The minimum Gasteiger partial charge on any atom is -0.493 e. The van der Waals surface area contributed by atoms with Crippen LogP contribution in [0.4, 0.5) is 0 Å². The zero-order valence-electron chi connectivity index (χ0n) is 16.0. The Labute approximate surface area is 187 Å². The fraction of sp³-hybridized carbons (Fsp3) is 0.174. The molecule has 0 spiro atoms. The highest BCUT2D eigenvalue weighted by Crippen LogP contribution is 2.43. The average molecular weight is 489 g/mol. The van der Waals surface area contributed by atoms with Crippen LogP contribution in [-0.2, 0) is 6.42 Å². The molecule has 2 aromatic carbocycles. The maximum Gasteiger partial charge on any atom is 0.205 e. The number of halogens is 2. The molecule has 0 radical (unpaired) electrons. The monoisotopic (exact) mass is 487 g/mol. The predicted molar refractivity (Wildman–Crippen MR) is 124 cm³/mol. The third-order valence-corrected chi connectivity index (χ3v) is 6.68. The lowest BCUT2D eigenvalue weighted by Gasteiger charge is -2.12. The molecule has 29 heavy (non-hydrogen) atoms. The van der Waals surface area contributed by atoms with Crippen molar-refractivity contribution in [2.75, 3.05) is 20.7 Å². The van der Waals surface area contributed by atoms with E-state index in [2.05, 4.69) is 15.9 Å². The Morgan fingerprint density at radius 2 is 2.00 bits per heavy atom. The number of nitrogens with zero attached hydrogens (tertiary/aromatic N) is 1. The number of rotatable bonds is 4. The van der Waals surface area contributed by atoms with E-state index in [0.717, 1.165) is 38.2 Å². The van der Waals surface area contributed by atoms with Crippen LogP contribution in [0.15, 0.2) is 59.2 Å². The van der Waals surface area contributed by atoms with Crippen LogP contribution in [0.3, 0.4) is 0 Å². The Morgan fingerprint density at radius 1 is 1.21 bits per heavy atom. The number of carbonyl (C=O) groups is 1. The van der Waals surface area contributed by atoms with Gasteiger partial charge >= 0.3 is 0 Å². The van der Waals surface area contributed by atoms with Gasteiger partial charge in [0.1, 0.15) is 5.75 Å².